The predicted molar refractivity (Wildman–Crippen MR) is 93.2 cm³/mol. The average molecular weight is 338 g/mol. The summed E-state index contributed by atoms with van der Waals surface area (Å²) in [6.45, 7) is 1.94. The zero-order valence-electron chi connectivity index (χ0n) is 13.9. The molecule has 1 atom stereocenters. The minimum absolute atomic E-state index is 0.0627. The Morgan fingerprint density at radius 2 is 1.88 bits per heavy atom. The maximum atomic E-state index is 13.8. The standard InChI is InChI=1S/C20H19FN2O2/c1-14(15-7-3-2-4-8-15)23-19(24)11-12-20-22-13-18(25-20)16-9-5-6-10-17(16)21/h2-10,13-14H,11-12H2,1H3,(H,23,24). The number of nitrogens with zero attached hydrogens (tertiary/aromatic N) is 1. The number of carbonyl (C=O) groups is 1. The number of benzene rings is 2. The van der Waals surface area contributed by atoms with Gasteiger partial charge >= 0.3 is 0 Å². The molecule has 0 aliphatic carbocycles. The van der Waals surface area contributed by atoms with Crippen molar-refractivity contribution in [2.45, 2.75) is 25.8 Å². The molecule has 5 heteroatoms. The van der Waals surface area contributed by atoms with Gasteiger partial charge in [-0.1, -0.05) is 42.5 Å². The first kappa shape index (κ1) is 16.9. The molecule has 0 spiro atoms. The summed E-state index contributed by atoms with van der Waals surface area (Å²) in [7, 11) is 0. The molecule has 128 valence electrons. The number of amides is 1. The summed E-state index contributed by atoms with van der Waals surface area (Å²) in [5, 5.41) is 2.95. The molecule has 3 rings (SSSR count). The Kier molecular flexibility index (Phi) is 5.23. The van der Waals surface area contributed by atoms with Crippen LogP contribution in [-0.4, -0.2) is 10.9 Å². The van der Waals surface area contributed by atoms with Crippen molar-refractivity contribution in [1.29, 1.82) is 0 Å². The number of halogens is 1. The van der Waals surface area contributed by atoms with Gasteiger partial charge in [-0.3, -0.25) is 4.79 Å². The van der Waals surface area contributed by atoms with Gasteiger partial charge in [0.05, 0.1) is 17.8 Å². The molecular weight excluding hydrogens is 319 g/mol. The zero-order valence-corrected chi connectivity index (χ0v) is 13.9. The number of oxazole rings is 1. The van der Waals surface area contributed by atoms with Crippen LogP contribution >= 0.6 is 0 Å². The first-order chi connectivity index (χ1) is 12.1. The smallest absolute Gasteiger partial charge is 0.220 e. The van der Waals surface area contributed by atoms with Crippen molar-refractivity contribution in [3.63, 3.8) is 0 Å². The Labute approximate surface area is 145 Å². The third-order valence-corrected chi connectivity index (χ3v) is 3.94. The summed E-state index contributed by atoms with van der Waals surface area (Å²) >= 11 is 0. The highest BCUT2D eigenvalue weighted by atomic mass is 19.1. The van der Waals surface area contributed by atoms with Crippen LogP contribution in [-0.2, 0) is 11.2 Å². The molecular formula is C20H19FN2O2. The van der Waals surface area contributed by atoms with E-state index in [1.165, 1.54) is 12.3 Å². The topological polar surface area (TPSA) is 55.1 Å². The minimum Gasteiger partial charge on any atom is -0.441 e. The molecule has 1 aromatic heterocycles. The molecule has 1 amide bonds. The van der Waals surface area contributed by atoms with Crippen LogP contribution in [0.15, 0.2) is 65.2 Å². The Morgan fingerprint density at radius 3 is 2.64 bits per heavy atom. The van der Waals surface area contributed by atoms with Crippen LogP contribution < -0.4 is 5.32 Å². The van der Waals surface area contributed by atoms with E-state index in [0.717, 1.165) is 5.56 Å². The summed E-state index contributed by atoms with van der Waals surface area (Å²) in [6, 6.07) is 16.1. The van der Waals surface area contributed by atoms with Crippen molar-refractivity contribution in [3.05, 3.63) is 78.1 Å². The largest absolute Gasteiger partial charge is 0.441 e. The predicted octanol–water partition coefficient (Wildman–Crippen LogP) is 4.29. The molecule has 0 radical (unpaired) electrons. The van der Waals surface area contributed by atoms with Gasteiger partial charge in [-0.25, -0.2) is 9.37 Å². The SMILES string of the molecule is CC(NC(=O)CCc1ncc(-c2ccccc2F)o1)c1ccccc1. The van der Waals surface area contributed by atoms with Crippen molar-refractivity contribution in [2.75, 3.05) is 0 Å². The highest BCUT2D eigenvalue weighted by molar-refractivity contribution is 5.76. The number of hydrogen-bond acceptors (Lipinski definition) is 3. The third kappa shape index (κ3) is 4.32. The van der Waals surface area contributed by atoms with Crippen LogP contribution in [0.25, 0.3) is 11.3 Å². The lowest BCUT2D eigenvalue weighted by atomic mass is 10.1. The van der Waals surface area contributed by atoms with Crippen molar-refractivity contribution in [3.8, 4) is 11.3 Å². The number of rotatable bonds is 6. The van der Waals surface area contributed by atoms with Gasteiger partial charge in [-0.05, 0) is 24.6 Å². The van der Waals surface area contributed by atoms with E-state index in [-0.39, 0.29) is 24.2 Å². The van der Waals surface area contributed by atoms with E-state index in [2.05, 4.69) is 10.3 Å². The molecule has 0 bridgehead atoms. The van der Waals surface area contributed by atoms with Gasteiger partial charge in [0, 0.05) is 12.8 Å². The normalized spacial score (nSPS) is 11.9. The Morgan fingerprint density at radius 1 is 1.16 bits per heavy atom. The van der Waals surface area contributed by atoms with Gasteiger partial charge in [0.15, 0.2) is 11.7 Å². The van der Waals surface area contributed by atoms with Crippen molar-refractivity contribution in [1.82, 2.24) is 10.3 Å². The lowest BCUT2D eigenvalue weighted by Gasteiger charge is -2.13. The van der Waals surface area contributed by atoms with Crippen LogP contribution in [0, 0.1) is 5.82 Å². The summed E-state index contributed by atoms with van der Waals surface area (Å²) < 4.78 is 19.3. The summed E-state index contributed by atoms with van der Waals surface area (Å²) in [4.78, 5) is 16.2. The number of aromatic nitrogens is 1. The minimum atomic E-state index is -0.361. The van der Waals surface area contributed by atoms with Crippen molar-refractivity contribution >= 4 is 5.91 Å². The molecule has 1 heterocycles. The second-order valence-electron chi connectivity index (χ2n) is 5.80. The Bertz CT molecular complexity index is 846. The highest BCUT2D eigenvalue weighted by Gasteiger charge is 2.13. The van der Waals surface area contributed by atoms with E-state index < -0.39 is 0 Å². The average Bonchev–Trinajstić information content (AvgIpc) is 3.10. The molecule has 0 aliphatic heterocycles. The molecule has 0 aliphatic rings. The van der Waals surface area contributed by atoms with Gasteiger partial charge < -0.3 is 9.73 Å². The first-order valence-corrected chi connectivity index (χ1v) is 8.17. The molecule has 1 N–H and O–H groups in total. The second kappa shape index (κ2) is 7.75. The lowest BCUT2D eigenvalue weighted by Crippen LogP contribution is -2.26. The van der Waals surface area contributed by atoms with Crippen LogP contribution in [0.4, 0.5) is 4.39 Å². The number of aryl methyl sites for hydroxylation is 1. The second-order valence-corrected chi connectivity index (χ2v) is 5.80. The summed E-state index contributed by atoms with van der Waals surface area (Å²) in [5.41, 5.74) is 1.41. The zero-order chi connectivity index (χ0) is 17.6. The maximum Gasteiger partial charge on any atom is 0.220 e. The molecule has 0 fully saturated rings. The van der Waals surface area contributed by atoms with Crippen LogP contribution in [0.5, 0.6) is 0 Å². The van der Waals surface area contributed by atoms with Gasteiger partial charge in [0.2, 0.25) is 5.91 Å². The molecule has 1 unspecified atom stereocenters. The van der Waals surface area contributed by atoms with Crippen molar-refractivity contribution < 1.29 is 13.6 Å². The molecule has 2 aromatic carbocycles. The molecule has 0 saturated carbocycles. The molecule has 25 heavy (non-hydrogen) atoms. The van der Waals surface area contributed by atoms with E-state index in [4.69, 9.17) is 4.42 Å². The molecule has 4 nitrogen and oxygen atoms in total. The van der Waals surface area contributed by atoms with Crippen LogP contribution in [0.1, 0.15) is 30.8 Å². The van der Waals surface area contributed by atoms with E-state index in [9.17, 15) is 9.18 Å². The fourth-order valence-electron chi connectivity index (χ4n) is 2.57. The van der Waals surface area contributed by atoms with Crippen LogP contribution in [0.2, 0.25) is 0 Å². The maximum absolute atomic E-state index is 13.8. The van der Waals surface area contributed by atoms with Gasteiger partial charge in [-0.15, -0.1) is 0 Å². The first-order valence-electron chi connectivity index (χ1n) is 8.17. The number of carbonyl (C=O) groups excluding carboxylic acids is 1. The molecule has 0 saturated heterocycles. The summed E-state index contributed by atoms with van der Waals surface area (Å²) in [6.07, 6.45) is 2.11. The van der Waals surface area contributed by atoms with E-state index in [0.29, 0.717) is 23.6 Å². The van der Waals surface area contributed by atoms with E-state index in [1.807, 2.05) is 37.3 Å². The van der Waals surface area contributed by atoms with E-state index >= 15 is 0 Å². The van der Waals surface area contributed by atoms with E-state index in [1.54, 1.807) is 18.2 Å². The third-order valence-electron chi connectivity index (χ3n) is 3.94. The quantitative estimate of drug-likeness (QED) is 0.729. The monoisotopic (exact) mass is 338 g/mol. The fourth-order valence-corrected chi connectivity index (χ4v) is 2.57. The summed E-state index contributed by atoms with van der Waals surface area (Å²) in [5.74, 6) is 0.341. The van der Waals surface area contributed by atoms with Gasteiger partial charge in [0.1, 0.15) is 5.82 Å². The van der Waals surface area contributed by atoms with Gasteiger partial charge in [0.25, 0.3) is 0 Å². The van der Waals surface area contributed by atoms with Crippen LogP contribution in [0.3, 0.4) is 0 Å². The Balaban J connectivity index is 1.55. The fraction of sp³-hybridized carbons (Fsp3) is 0.200. The lowest BCUT2D eigenvalue weighted by molar-refractivity contribution is -0.121. The number of hydrogen-bond donors (Lipinski definition) is 1. The van der Waals surface area contributed by atoms with Gasteiger partial charge in [-0.2, -0.15) is 0 Å². The molecule has 3 aromatic rings. The van der Waals surface area contributed by atoms with Crippen molar-refractivity contribution in [2.24, 2.45) is 0 Å². The Hall–Kier alpha value is -2.95. The highest BCUT2D eigenvalue weighted by Crippen LogP contribution is 2.23. The number of nitrogens with one attached hydrogen (secondary N) is 1.